The van der Waals surface area contributed by atoms with Crippen LogP contribution >= 0.6 is 11.3 Å². The fraction of sp³-hybridized carbons (Fsp3) is 0.273. The highest BCUT2D eigenvalue weighted by Crippen LogP contribution is 2.30. The van der Waals surface area contributed by atoms with Crippen molar-refractivity contribution in [2.24, 2.45) is 0 Å². The van der Waals surface area contributed by atoms with Gasteiger partial charge in [0.2, 0.25) is 0 Å². The summed E-state index contributed by atoms with van der Waals surface area (Å²) in [5.41, 5.74) is 1.12. The summed E-state index contributed by atoms with van der Waals surface area (Å²) in [6, 6.07) is 10.8. The lowest BCUT2D eigenvalue weighted by atomic mass is 10.2. The van der Waals surface area contributed by atoms with Crippen LogP contribution in [0.3, 0.4) is 0 Å². The highest BCUT2D eigenvalue weighted by atomic mass is 32.2. The third-order valence-corrected chi connectivity index (χ3v) is 6.34. The van der Waals surface area contributed by atoms with Crippen LogP contribution in [0.2, 0.25) is 0 Å². The number of aryl methyl sites for hydroxylation is 1. The van der Waals surface area contributed by atoms with Gasteiger partial charge in [0.05, 0.1) is 10.6 Å². The van der Waals surface area contributed by atoms with E-state index in [9.17, 15) is 13.2 Å². The maximum absolute atomic E-state index is 12.8. The molecule has 170 valence electrons. The first kappa shape index (κ1) is 23.7. The minimum atomic E-state index is -3.31. The molecule has 1 unspecified atom stereocenters. The van der Waals surface area contributed by atoms with Gasteiger partial charge in [-0.15, -0.1) is 11.3 Å². The maximum atomic E-state index is 12.8. The van der Waals surface area contributed by atoms with Crippen molar-refractivity contribution in [3.05, 3.63) is 59.1 Å². The molecule has 8 nitrogen and oxygen atoms in total. The van der Waals surface area contributed by atoms with E-state index in [1.807, 2.05) is 19.2 Å². The van der Waals surface area contributed by atoms with Crippen LogP contribution in [-0.4, -0.2) is 39.0 Å². The molecule has 0 saturated carbocycles. The lowest BCUT2D eigenvalue weighted by Gasteiger charge is -2.17. The van der Waals surface area contributed by atoms with Crippen LogP contribution in [0.15, 0.2) is 52.7 Å². The predicted octanol–water partition coefficient (Wildman–Crippen LogP) is 4.66. The van der Waals surface area contributed by atoms with Crippen LogP contribution in [0.25, 0.3) is 0 Å². The van der Waals surface area contributed by atoms with E-state index in [1.54, 1.807) is 30.3 Å². The van der Waals surface area contributed by atoms with Crippen LogP contribution in [-0.2, 0) is 14.6 Å². The molecule has 0 fully saturated rings. The van der Waals surface area contributed by atoms with Crippen molar-refractivity contribution in [2.45, 2.75) is 31.5 Å². The molecule has 1 atom stereocenters. The Labute approximate surface area is 191 Å². The van der Waals surface area contributed by atoms with Gasteiger partial charge in [0.1, 0.15) is 17.2 Å². The van der Waals surface area contributed by atoms with E-state index in [-0.39, 0.29) is 10.8 Å². The Hall–Kier alpha value is -2.95. The standard InChI is InChI=1S/C22H24N2O6S2/c1-5-20(28-3)30-18-11-15(21(25)24-22-23-14(2)13-31-22)10-17(12-18)29-16-6-8-19(9-7-16)32(4,26)27/h6-13,20H,5H2,1-4H3,(H,23,24,25). The molecule has 0 saturated heterocycles. The van der Waals surface area contributed by atoms with Crippen LogP contribution in [0, 0.1) is 6.92 Å². The van der Waals surface area contributed by atoms with Crippen LogP contribution in [0.5, 0.6) is 17.2 Å². The number of nitrogens with one attached hydrogen (secondary N) is 1. The first-order valence-corrected chi connectivity index (χ1v) is 12.5. The fourth-order valence-corrected chi connectivity index (χ4v) is 4.07. The first-order chi connectivity index (χ1) is 15.2. The number of thiazole rings is 1. The zero-order chi connectivity index (χ0) is 23.3. The van der Waals surface area contributed by atoms with Gasteiger partial charge in [-0.25, -0.2) is 13.4 Å². The number of ether oxygens (including phenoxy) is 3. The van der Waals surface area contributed by atoms with Crippen molar-refractivity contribution in [1.82, 2.24) is 4.98 Å². The molecular weight excluding hydrogens is 452 g/mol. The third kappa shape index (κ3) is 6.28. The van der Waals surface area contributed by atoms with E-state index >= 15 is 0 Å². The number of amides is 1. The SMILES string of the molecule is CCC(OC)Oc1cc(Oc2ccc(S(C)(=O)=O)cc2)cc(C(=O)Nc2nc(C)cs2)c1. The summed E-state index contributed by atoms with van der Waals surface area (Å²) in [6.45, 7) is 3.76. The molecule has 1 aromatic heterocycles. The molecule has 1 heterocycles. The van der Waals surface area contributed by atoms with E-state index in [0.717, 1.165) is 11.9 Å². The second kappa shape index (κ2) is 10.1. The third-order valence-electron chi connectivity index (χ3n) is 4.33. The zero-order valence-corrected chi connectivity index (χ0v) is 19.7. The van der Waals surface area contributed by atoms with Crippen molar-refractivity contribution in [1.29, 1.82) is 0 Å². The molecule has 2 aromatic carbocycles. The van der Waals surface area contributed by atoms with E-state index in [4.69, 9.17) is 14.2 Å². The minimum absolute atomic E-state index is 0.187. The van der Waals surface area contributed by atoms with Crippen molar-refractivity contribution >= 4 is 32.2 Å². The summed E-state index contributed by atoms with van der Waals surface area (Å²) >= 11 is 1.33. The van der Waals surface area contributed by atoms with Crippen molar-refractivity contribution < 1.29 is 27.4 Å². The molecule has 0 aliphatic rings. The molecule has 3 rings (SSSR count). The van der Waals surface area contributed by atoms with Gasteiger partial charge >= 0.3 is 0 Å². The first-order valence-electron chi connectivity index (χ1n) is 9.74. The molecule has 3 aromatic rings. The summed E-state index contributed by atoms with van der Waals surface area (Å²) in [7, 11) is -1.77. The summed E-state index contributed by atoms with van der Waals surface area (Å²) in [6.07, 6.45) is 1.25. The molecule has 10 heteroatoms. The van der Waals surface area contributed by atoms with Crippen LogP contribution in [0.4, 0.5) is 5.13 Å². The molecule has 1 amide bonds. The topological polar surface area (TPSA) is 104 Å². The molecule has 32 heavy (non-hydrogen) atoms. The summed E-state index contributed by atoms with van der Waals surface area (Å²) in [5.74, 6) is 0.785. The number of benzene rings is 2. The molecule has 0 aliphatic carbocycles. The monoisotopic (exact) mass is 476 g/mol. The number of rotatable bonds is 9. The fourth-order valence-electron chi connectivity index (χ4n) is 2.75. The van der Waals surface area contributed by atoms with Gasteiger partial charge in [0, 0.05) is 36.8 Å². The smallest absolute Gasteiger partial charge is 0.257 e. The van der Waals surface area contributed by atoms with Gasteiger partial charge < -0.3 is 14.2 Å². The second-order valence-corrected chi connectivity index (χ2v) is 9.85. The predicted molar refractivity (Wildman–Crippen MR) is 123 cm³/mol. The van der Waals surface area contributed by atoms with Gasteiger partial charge in [-0.3, -0.25) is 10.1 Å². The van der Waals surface area contributed by atoms with Crippen LogP contribution < -0.4 is 14.8 Å². The molecule has 0 aliphatic heterocycles. The number of hydrogen-bond donors (Lipinski definition) is 1. The van der Waals surface area contributed by atoms with Gasteiger partial charge in [0.15, 0.2) is 21.3 Å². The normalized spacial score (nSPS) is 12.2. The number of anilines is 1. The van der Waals surface area contributed by atoms with E-state index in [0.29, 0.717) is 34.4 Å². The van der Waals surface area contributed by atoms with Crippen molar-refractivity contribution in [3.63, 3.8) is 0 Å². The largest absolute Gasteiger partial charge is 0.465 e. The van der Waals surface area contributed by atoms with Crippen LogP contribution in [0.1, 0.15) is 29.4 Å². The highest BCUT2D eigenvalue weighted by molar-refractivity contribution is 7.90. The summed E-state index contributed by atoms with van der Waals surface area (Å²) < 4.78 is 40.3. The quantitative estimate of drug-likeness (QED) is 0.448. The average molecular weight is 477 g/mol. The van der Waals surface area contributed by atoms with Gasteiger partial charge in [-0.05, 0) is 43.3 Å². The summed E-state index contributed by atoms with van der Waals surface area (Å²) in [4.78, 5) is 17.2. The van der Waals surface area contributed by atoms with Crippen molar-refractivity contribution in [2.75, 3.05) is 18.7 Å². The van der Waals surface area contributed by atoms with E-state index in [2.05, 4.69) is 10.3 Å². The average Bonchev–Trinajstić information content (AvgIpc) is 3.16. The molecule has 1 N–H and O–H groups in total. The minimum Gasteiger partial charge on any atom is -0.465 e. The number of methoxy groups -OCH3 is 1. The maximum Gasteiger partial charge on any atom is 0.257 e. The van der Waals surface area contributed by atoms with Crippen molar-refractivity contribution in [3.8, 4) is 17.2 Å². The molecule has 0 bridgehead atoms. The Balaban J connectivity index is 1.89. The highest BCUT2D eigenvalue weighted by Gasteiger charge is 2.15. The van der Waals surface area contributed by atoms with Gasteiger partial charge in [-0.2, -0.15) is 0 Å². The number of sulfone groups is 1. The lowest BCUT2D eigenvalue weighted by Crippen LogP contribution is -2.18. The Morgan fingerprint density at radius 3 is 2.38 bits per heavy atom. The summed E-state index contributed by atoms with van der Waals surface area (Å²) in [5, 5.41) is 5.09. The lowest BCUT2D eigenvalue weighted by molar-refractivity contribution is -0.0549. The van der Waals surface area contributed by atoms with Gasteiger partial charge in [0.25, 0.3) is 5.91 Å². The number of carbonyl (C=O) groups is 1. The number of hydrogen-bond acceptors (Lipinski definition) is 8. The van der Waals surface area contributed by atoms with Gasteiger partial charge in [-0.1, -0.05) is 6.92 Å². The Morgan fingerprint density at radius 2 is 1.81 bits per heavy atom. The Morgan fingerprint density at radius 1 is 1.12 bits per heavy atom. The molecular formula is C22H24N2O6S2. The van der Waals surface area contributed by atoms with E-state index in [1.165, 1.54) is 30.6 Å². The number of aromatic nitrogens is 1. The van der Waals surface area contributed by atoms with E-state index < -0.39 is 16.1 Å². The Bertz CT molecular complexity index is 1190. The number of carbonyl (C=O) groups excluding carboxylic acids is 1. The molecule has 0 spiro atoms. The second-order valence-electron chi connectivity index (χ2n) is 6.98. The molecule has 0 radical (unpaired) electrons. The number of nitrogens with zero attached hydrogens (tertiary/aromatic N) is 1. The zero-order valence-electron chi connectivity index (χ0n) is 18.1. The Kier molecular flexibility index (Phi) is 7.49.